The van der Waals surface area contributed by atoms with Gasteiger partial charge in [0, 0.05) is 5.92 Å². The molecule has 2 N–H and O–H groups in total. The highest BCUT2D eigenvalue weighted by Crippen LogP contribution is 2.38. The smallest absolute Gasteiger partial charge is 0.328 e. The van der Waals surface area contributed by atoms with Gasteiger partial charge in [0.1, 0.15) is 12.1 Å². The molecule has 0 saturated heterocycles. The van der Waals surface area contributed by atoms with Crippen molar-refractivity contribution in [1.82, 2.24) is 5.32 Å². The van der Waals surface area contributed by atoms with Crippen molar-refractivity contribution in [2.45, 2.75) is 79.1 Å². The lowest BCUT2D eigenvalue weighted by atomic mass is 9.69. The van der Waals surface area contributed by atoms with E-state index in [4.69, 9.17) is 4.74 Å². The predicted molar refractivity (Wildman–Crippen MR) is 89.7 cm³/mol. The first-order valence-corrected chi connectivity index (χ1v) is 8.82. The minimum atomic E-state index is -0.730. The van der Waals surface area contributed by atoms with Crippen molar-refractivity contribution in [3.05, 3.63) is 0 Å². The van der Waals surface area contributed by atoms with E-state index >= 15 is 0 Å². The molecule has 1 aliphatic rings. The summed E-state index contributed by atoms with van der Waals surface area (Å²) >= 11 is 0. The molecule has 0 aromatic rings. The Bertz CT molecular complexity index is 408. The number of aliphatic hydroxyl groups excluding tert-OH is 1. The number of amides is 1. The van der Waals surface area contributed by atoms with Crippen molar-refractivity contribution in [2.75, 3.05) is 0 Å². The molecule has 0 aromatic heterocycles. The van der Waals surface area contributed by atoms with Gasteiger partial charge in [-0.15, -0.1) is 0 Å². The topological polar surface area (TPSA) is 75.6 Å². The highest BCUT2D eigenvalue weighted by Gasteiger charge is 2.36. The lowest BCUT2D eigenvalue weighted by Gasteiger charge is -2.36. The summed E-state index contributed by atoms with van der Waals surface area (Å²) in [4.78, 5) is 24.6. The van der Waals surface area contributed by atoms with Crippen molar-refractivity contribution < 1.29 is 19.4 Å². The van der Waals surface area contributed by atoms with Crippen LogP contribution in [-0.2, 0) is 14.3 Å². The zero-order valence-corrected chi connectivity index (χ0v) is 15.3. The monoisotopic (exact) mass is 327 g/mol. The molecule has 23 heavy (non-hydrogen) atoms. The molecule has 0 radical (unpaired) electrons. The molecule has 1 aliphatic carbocycles. The third-order valence-corrected chi connectivity index (χ3v) is 5.05. The SMILES string of the molecule is CC(NC(=O)[C@@H]1C[C@H](C)CC[C@H]1C(C)C)C(=O)O[C@H](C)C(C)O. The van der Waals surface area contributed by atoms with E-state index in [1.54, 1.807) is 20.8 Å². The third-order valence-electron chi connectivity index (χ3n) is 5.05. The second-order valence-corrected chi connectivity index (χ2v) is 7.55. The van der Waals surface area contributed by atoms with Crippen LogP contribution in [0.25, 0.3) is 0 Å². The van der Waals surface area contributed by atoms with Crippen molar-refractivity contribution >= 4 is 11.9 Å². The van der Waals surface area contributed by atoms with Crippen molar-refractivity contribution in [2.24, 2.45) is 23.7 Å². The van der Waals surface area contributed by atoms with Gasteiger partial charge in [-0.1, -0.05) is 27.2 Å². The van der Waals surface area contributed by atoms with Crippen molar-refractivity contribution in [3.8, 4) is 0 Å². The molecule has 2 unspecified atom stereocenters. The van der Waals surface area contributed by atoms with Crippen LogP contribution in [0, 0.1) is 23.7 Å². The van der Waals surface area contributed by atoms with E-state index in [9.17, 15) is 14.7 Å². The number of aliphatic hydroxyl groups is 1. The van der Waals surface area contributed by atoms with Gasteiger partial charge < -0.3 is 15.2 Å². The number of nitrogens with one attached hydrogen (secondary N) is 1. The fourth-order valence-electron chi connectivity index (χ4n) is 3.27. The average Bonchev–Trinajstić information content (AvgIpc) is 2.46. The van der Waals surface area contributed by atoms with Gasteiger partial charge in [-0.05, 0) is 51.4 Å². The van der Waals surface area contributed by atoms with Crippen molar-refractivity contribution in [3.63, 3.8) is 0 Å². The molecular weight excluding hydrogens is 294 g/mol. The van der Waals surface area contributed by atoms with Gasteiger partial charge in [-0.2, -0.15) is 0 Å². The molecule has 0 heterocycles. The second kappa shape index (κ2) is 8.67. The Morgan fingerprint density at radius 1 is 1.13 bits per heavy atom. The van der Waals surface area contributed by atoms with Gasteiger partial charge >= 0.3 is 5.97 Å². The first kappa shape index (κ1) is 19.9. The second-order valence-electron chi connectivity index (χ2n) is 7.55. The molecule has 1 amide bonds. The number of hydrogen-bond donors (Lipinski definition) is 2. The zero-order valence-electron chi connectivity index (χ0n) is 15.3. The first-order valence-electron chi connectivity index (χ1n) is 8.82. The van der Waals surface area contributed by atoms with Crippen LogP contribution in [0.1, 0.15) is 60.8 Å². The quantitative estimate of drug-likeness (QED) is 0.735. The predicted octanol–water partition coefficient (Wildman–Crippen LogP) is 2.51. The summed E-state index contributed by atoms with van der Waals surface area (Å²) in [6, 6.07) is -0.700. The third kappa shape index (κ3) is 5.79. The normalized spacial score (nSPS) is 28.8. The van der Waals surface area contributed by atoms with Crippen molar-refractivity contribution in [1.29, 1.82) is 0 Å². The van der Waals surface area contributed by atoms with E-state index in [2.05, 4.69) is 26.1 Å². The van der Waals surface area contributed by atoms with Crippen LogP contribution in [0.3, 0.4) is 0 Å². The van der Waals surface area contributed by atoms with Crippen LogP contribution in [-0.4, -0.2) is 35.2 Å². The summed E-state index contributed by atoms with van der Waals surface area (Å²) in [7, 11) is 0. The van der Waals surface area contributed by atoms with Gasteiger partial charge in [0.2, 0.25) is 5.91 Å². The molecule has 1 saturated carbocycles. The van der Waals surface area contributed by atoms with Gasteiger partial charge in [0.05, 0.1) is 6.10 Å². The minimum absolute atomic E-state index is 0.0387. The van der Waals surface area contributed by atoms with Gasteiger partial charge in [0.15, 0.2) is 0 Å². The van der Waals surface area contributed by atoms with Crippen LogP contribution < -0.4 is 5.32 Å². The number of ether oxygens (including phenoxy) is 1. The molecule has 134 valence electrons. The zero-order chi connectivity index (χ0) is 17.7. The fraction of sp³-hybridized carbons (Fsp3) is 0.889. The first-order chi connectivity index (χ1) is 10.6. The Morgan fingerprint density at radius 2 is 1.74 bits per heavy atom. The lowest BCUT2D eigenvalue weighted by Crippen LogP contribution is -2.47. The molecule has 1 rings (SSSR count). The van der Waals surface area contributed by atoms with E-state index in [-0.39, 0.29) is 11.8 Å². The number of carbonyl (C=O) groups is 2. The van der Waals surface area contributed by atoms with E-state index < -0.39 is 24.2 Å². The lowest BCUT2D eigenvalue weighted by molar-refractivity contribution is -0.156. The van der Waals surface area contributed by atoms with Crippen LogP contribution in [0.5, 0.6) is 0 Å². The Balaban J connectivity index is 2.63. The molecule has 6 atom stereocenters. The highest BCUT2D eigenvalue weighted by atomic mass is 16.6. The largest absolute Gasteiger partial charge is 0.458 e. The van der Waals surface area contributed by atoms with E-state index in [1.807, 2.05) is 0 Å². The fourth-order valence-corrected chi connectivity index (χ4v) is 3.27. The Kier molecular flexibility index (Phi) is 7.52. The van der Waals surface area contributed by atoms with E-state index in [0.717, 1.165) is 19.3 Å². The van der Waals surface area contributed by atoms with Crippen LogP contribution >= 0.6 is 0 Å². The van der Waals surface area contributed by atoms with Gasteiger partial charge in [-0.3, -0.25) is 4.79 Å². The minimum Gasteiger partial charge on any atom is -0.458 e. The molecule has 0 bridgehead atoms. The van der Waals surface area contributed by atoms with Crippen LogP contribution in [0.4, 0.5) is 0 Å². The van der Waals surface area contributed by atoms with E-state index in [1.165, 1.54) is 0 Å². The Hall–Kier alpha value is -1.10. The molecule has 1 fully saturated rings. The maximum atomic E-state index is 12.6. The standard InChI is InChI=1S/C18H33NO4/c1-10(2)15-8-7-11(3)9-16(15)17(21)19-12(4)18(22)23-14(6)13(5)20/h10-16,20H,7-9H2,1-6H3,(H,19,21)/t11-,12?,13?,14-,15+,16-/m1/s1. The summed E-state index contributed by atoms with van der Waals surface area (Å²) in [5, 5.41) is 12.2. The number of carbonyl (C=O) groups excluding carboxylic acids is 2. The van der Waals surface area contributed by atoms with Crippen LogP contribution in [0.15, 0.2) is 0 Å². The summed E-state index contributed by atoms with van der Waals surface area (Å²) in [5.74, 6) is 0.768. The maximum absolute atomic E-state index is 12.6. The summed E-state index contributed by atoms with van der Waals surface area (Å²) in [6.45, 7) is 11.3. The Labute approximate surface area is 140 Å². The molecule has 0 aromatic carbocycles. The Morgan fingerprint density at radius 3 is 2.26 bits per heavy atom. The number of esters is 1. The summed E-state index contributed by atoms with van der Waals surface area (Å²) in [5.41, 5.74) is 0. The summed E-state index contributed by atoms with van der Waals surface area (Å²) in [6.07, 6.45) is 1.79. The molecule has 5 heteroatoms. The molecule has 0 aliphatic heterocycles. The molecule has 5 nitrogen and oxygen atoms in total. The van der Waals surface area contributed by atoms with Gasteiger partial charge in [-0.25, -0.2) is 4.79 Å². The number of hydrogen-bond acceptors (Lipinski definition) is 4. The van der Waals surface area contributed by atoms with E-state index in [0.29, 0.717) is 17.8 Å². The number of rotatable bonds is 6. The summed E-state index contributed by atoms with van der Waals surface area (Å²) < 4.78 is 5.15. The highest BCUT2D eigenvalue weighted by molar-refractivity contribution is 5.85. The molecular formula is C18H33NO4. The average molecular weight is 327 g/mol. The maximum Gasteiger partial charge on any atom is 0.328 e. The molecule has 0 spiro atoms. The van der Waals surface area contributed by atoms with Gasteiger partial charge in [0.25, 0.3) is 0 Å². The van der Waals surface area contributed by atoms with Crippen LogP contribution in [0.2, 0.25) is 0 Å².